The number of sulfonamides is 1. The molecule has 0 saturated carbocycles. The average Bonchev–Trinajstić information content (AvgIpc) is 2.14. The molecule has 0 aliphatic rings. The molecular formula is C12H19NO3S. The lowest BCUT2D eigenvalue weighted by atomic mass is 10.1. The van der Waals surface area contributed by atoms with E-state index < -0.39 is 10.0 Å². The second kappa shape index (κ2) is 5.06. The van der Waals surface area contributed by atoms with Gasteiger partial charge in [0.05, 0.1) is 7.11 Å². The first-order chi connectivity index (χ1) is 7.77. The van der Waals surface area contributed by atoms with E-state index in [1.165, 1.54) is 7.11 Å². The van der Waals surface area contributed by atoms with Crippen molar-refractivity contribution in [1.82, 2.24) is 4.72 Å². The Labute approximate surface area is 103 Å². The van der Waals surface area contributed by atoms with Crippen LogP contribution in [0.5, 0.6) is 5.75 Å². The number of methoxy groups -OCH3 is 1. The molecule has 0 heterocycles. The summed E-state index contributed by atoms with van der Waals surface area (Å²) in [5.41, 5.74) is 1.71. The lowest BCUT2D eigenvalue weighted by Gasteiger charge is -2.15. The van der Waals surface area contributed by atoms with Crippen molar-refractivity contribution < 1.29 is 13.2 Å². The highest BCUT2D eigenvalue weighted by atomic mass is 32.2. The van der Waals surface area contributed by atoms with Crippen LogP contribution in [0.3, 0.4) is 0 Å². The Morgan fingerprint density at radius 1 is 1.24 bits per heavy atom. The van der Waals surface area contributed by atoms with E-state index in [1.54, 1.807) is 19.9 Å². The summed E-state index contributed by atoms with van der Waals surface area (Å²) in [4.78, 5) is 0.200. The van der Waals surface area contributed by atoms with Gasteiger partial charge in [-0.1, -0.05) is 6.07 Å². The number of ether oxygens (including phenoxy) is 1. The SMILES string of the molecule is COc1c(C)cc(C)cc1S(=O)(=O)NC(C)C. The molecule has 0 saturated heterocycles. The van der Waals surface area contributed by atoms with Crippen molar-refractivity contribution in [2.45, 2.75) is 38.6 Å². The molecular weight excluding hydrogens is 238 g/mol. The van der Waals surface area contributed by atoms with E-state index in [2.05, 4.69) is 4.72 Å². The van der Waals surface area contributed by atoms with Gasteiger partial charge in [-0.05, 0) is 44.9 Å². The third kappa shape index (κ3) is 3.20. The van der Waals surface area contributed by atoms with Crippen molar-refractivity contribution in [3.05, 3.63) is 23.3 Å². The van der Waals surface area contributed by atoms with Crippen LogP contribution in [0.25, 0.3) is 0 Å². The lowest BCUT2D eigenvalue weighted by Crippen LogP contribution is -2.30. The van der Waals surface area contributed by atoms with Crippen molar-refractivity contribution in [3.63, 3.8) is 0 Å². The number of nitrogens with one attached hydrogen (secondary N) is 1. The predicted octanol–water partition coefficient (Wildman–Crippen LogP) is 2.00. The zero-order valence-electron chi connectivity index (χ0n) is 10.9. The fourth-order valence-electron chi connectivity index (χ4n) is 1.75. The summed E-state index contributed by atoms with van der Waals surface area (Å²) >= 11 is 0. The Hall–Kier alpha value is -1.07. The lowest BCUT2D eigenvalue weighted by molar-refractivity contribution is 0.398. The van der Waals surface area contributed by atoms with Crippen molar-refractivity contribution in [3.8, 4) is 5.75 Å². The van der Waals surface area contributed by atoms with Crippen LogP contribution in [-0.4, -0.2) is 21.6 Å². The second-order valence-corrected chi connectivity index (χ2v) is 6.07. The highest BCUT2D eigenvalue weighted by Crippen LogP contribution is 2.29. The molecule has 4 nitrogen and oxygen atoms in total. The molecule has 1 N–H and O–H groups in total. The number of benzene rings is 1. The largest absolute Gasteiger partial charge is 0.495 e. The van der Waals surface area contributed by atoms with Crippen LogP contribution in [0.4, 0.5) is 0 Å². The molecule has 0 aromatic heterocycles. The van der Waals surface area contributed by atoms with Crippen molar-refractivity contribution in [1.29, 1.82) is 0 Å². The van der Waals surface area contributed by atoms with Gasteiger partial charge in [0, 0.05) is 6.04 Å². The van der Waals surface area contributed by atoms with E-state index in [-0.39, 0.29) is 10.9 Å². The van der Waals surface area contributed by atoms with E-state index in [9.17, 15) is 8.42 Å². The molecule has 0 unspecified atom stereocenters. The molecule has 5 heteroatoms. The summed E-state index contributed by atoms with van der Waals surface area (Å²) in [6.45, 7) is 7.26. The maximum atomic E-state index is 12.1. The van der Waals surface area contributed by atoms with Crippen LogP contribution in [0, 0.1) is 13.8 Å². The summed E-state index contributed by atoms with van der Waals surface area (Å²) in [6.07, 6.45) is 0. The van der Waals surface area contributed by atoms with Gasteiger partial charge in [0.1, 0.15) is 10.6 Å². The maximum Gasteiger partial charge on any atom is 0.244 e. The molecule has 1 rings (SSSR count). The molecule has 0 amide bonds. The van der Waals surface area contributed by atoms with E-state index >= 15 is 0 Å². The van der Waals surface area contributed by atoms with Gasteiger partial charge in [-0.3, -0.25) is 0 Å². The average molecular weight is 257 g/mol. The number of aryl methyl sites for hydroxylation is 2. The molecule has 17 heavy (non-hydrogen) atoms. The van der Waals surface area contributed by atoms with E-state index in [4.69, 9.17) is 4.74 Å². The number of rotatable bonds is 4. The summed E-state index contributed by atoms with van der Waals surface area (Å²) < 4.78 is 32.0. The molecule has 96 valence electrons. The Morgan fingerprint density at radius 2 is 1.82 bits per heavy atom. The number of hydrogen-bond acceptors (Lipinski definition) is 3. The predicted molar refractivity (Wildman–Crippen MR) is 67.9 cm³/mol. The first kappa shape index (κ1) is 14.0. The van der Waals surface area contributed by atoms with Crippen LogP contribution >= 0.6 is 0 Å². The van der Waals surface area contributed by atoms with E-state index in [0.29, 0.717) is 5.75 Å². The molecule has 0 radical (unpaired) electrons. The highest BCUT2D eigenvalue weighted by Gasteiger charge is 2.22. The van der Waals surface area contributed by atoms with Gasteiger partial charge in [0.2, 0.25) is 10.0 Å². The fraction of sp³-hybridized carbons (Fsp3) is 0.500. The molecule has 1 aromatic rings. The molecule has 0 spiro atoms. The summed E-state index contributed by atoms with van der Waals surface area (Å²) in [5.74, 6) is 0.406. The summed E-state index contributed by atoms with van der Waals surface area (Å²) in [7, 11) is -2.04. The van der Waals surface area contributed by atoms with Crippen LogP contribution < -0.4 is 9.46 Å². The molecule has 0 bridgehead atoms. The van der Waals surface area contributed by atoms with Gasteiger partial charge in [-0.15, -0.1) is 0 Å². The zero-order valence-corrected chi connectivity index (χ0v) is 11.7. The monoisotopic (exact) mass is 257 g/mol. The molecule has 0 fully saturated rings. The van der Waals surface area contributed by atoms with Gasteiger partial charge in [-0.2, -0.15) is 0 Å². The molecule has 0 atom stereocenters. The minimum atomic E-state index is -3.52. The first-order valence-corrected chi connectivity index (χ1v) is 6.94. The summed E-state index contributed by atoms with van der Waals surface area (Å²) in [5, 5.41) is 0. The number of hydrogen-bond donors (Lipinski definition) is 1. The summed E-state index contributed by atoms with van der Waals surface area (Å²) in [6, 6.07) is 3.37. The van der Waals surface area contributed by atoms with Gasteiger partial charge >= 0.3 is 0 Å². The minimum Gasteiger partial charge on any atom is -0.495 e. The van der Waals surface area contributed by atoms with E-state index in [1.807, 2.05) is 19.9 Å². The Kier molecular flexibility index (Phi) is 4.16. The Morgan fingerprint density at radius 3 is 2.29 bits per heavy atom. The topological polar surface area (TPSA) is 55.4 Å². The quantitative estimate of drug-likeness (QED) is 0.897. The van der Waals surface area contributed by atoms with Crippen LogP contribution in [0.2, 0.25) is 0 Å². The molecule has 0 aliphatic carbocycles. The highest BCUT2D eigenvalue weighted by molar-refractivity contribution is 7.89. The van der Waals surface area contributed by atoms with Crippen LogP contribution in [0.1, 0.15) is 25.0 Å². The van der Waals surface area contributed by atoms with Crippen LogP contribution in [-0.2, 0) is 10.0 Å². The second-order valence-electron chi connectivity index (χ2n) is 4.39. The van der Waals surface area contributed by atoms with Crippen molar-refractivity contribution in [2.24, 2.45) is 0 Å². The Balaban J connectivity index is 3.39. The maximum absolute atomic E-state index is 12.1. The van der Waals surface area contributed by atoms with Gasteiger partial charge in [-0.25, -0.2) is 13.1 Å². The van der Waals surface area contributed by atoms with Crippen molar-refractivity contribution >= 4 is 10.0 Å². The van der Waals surface area contributed by atoms with Gasteiger partial charge in [0.15, 0.2) is 0 Å². The Bertz CT molecular complexity index is 507. The van der Waals surface area contributed by atoms with Gasteiger partial charge in [0.25, 0.3) is 0 Å². The molecule has 1 aromatic carbocycles. The van der Waals surface area contributed by atoms with Crippen LogP contribution in [0.15, 0.2) is 17.0 Å². The normalized spacial score (nSPS) is 11.9. The first-order valence-electron chi connectivity index (χ1n) is 5.45. The third-order valence-electron chi connectivity index (χ3n) is 2.27. The zero-order chi connectivity index (χ0) is 13.2. The van der Waals surface area contributed by atoms with E-state index in [0.717, 1.165) is 11.1 Å². The minimum absolute atomic E-state index is 0.148. The third-order valence-corrected chi connectivity index (χ3v) is 3.93. The smallest absolute Gasteiger partial charge is 0.244 e. The standard InChI is InChI=1S/C12H19NO3S/c1-8(2)13-17(14,15)11-7-9(3)6-10(4)12(11)16-5/h6-8,13H,1-5H3. The van der Waals surface area contributed by atoms with Crippen molar-refractivity contribution in [2.75, 3.05) is 7.11 Å². The fourth-order valence-corrected chi connectivity index (χ4v) is 3.33. The van der Waals surface area contributed by atoms with Gasteiger partial charge < -0.3 is 4.74 Å². The molecule has 0 aliphatic heterocycles.